The third-order valence-electron chi connectivity index (χ3n) is 5.25. The van der Waals surface area contributed by atoms with Crippen LogP contribution in [0.3, 0.4) is 0 Å². The molecule has 0 N–H and O–H groups in total. The molecule has 1 saturated heterocycles. The lowest BCUT2D eigenvalue weighted by Gasteiger charge is -2.36. The topological polar surface area (TPSA) is 27.7 Å². The van der Waals surface area contributed by atoms with E-state index in [0.717, 1.165) is 26.2 Å². The predicted molar refractivity (Wildman–Crippen MR) is 100 cm³/mol. The normalized spacial score (nSPS) is 20.0. The van der Waals surface area contributed by atoms with E-state index in [1.807, 2.05) is 0 Å². The molecule has 1 aliphatic heterocycles. The zero-order valence-corrected chi connectivity index (χ0v) is 17.3. The fraction of sp³-hybridized carbons (Fsp3) is 1.00. The number of rotatable bonds is 11. The smallest absolute Gasteiger partial charge is 0.191 e. The van der Waals surface area contributed by atoms with Crippen LogP contribution in [0.1, 0.15) is 78.6 Å². The molecule has 0 amide bonds. The first-order valence-electron chi connectivity index (χ1n) is 9.70. The highest BCUT2D eigenvalue weighted by atomic mass is 28.4. The van der Waals surface area contributed by atoms with Crippen LogP contribution in [0.25, 0.3) is 0 Å². The Morgan fingerprint density at radius 3 is 2.09 bits per heavy atom. The van der Waals surface area contributed by atoms with Crippen molar-refractivity contribution in [3.05, 3.63) is 0 Å². The van der Waals surface area contributed by atoms with E-state index in [-0.39, 0.29) is 6.29 Å². The summed E-state index contributed by atoms with van der Waals surface area (Å²) in [7, 11) is -1.54. The third kappa shape index (κ3) is 9.23. The van der Waals surface area contributed by atoms with Crippen molar-refractivity contribution in [2.24, 2.45) is 0 Å². The second kappa shape index (κ2) is 10.9. The molecule has 0 bridgehead atoms. The summed E-state index contributed by atoms with van der Waals surface area (Å²) < 4.78 is 17.5. The number of ether oxygens (including phenoxy) is 2. The lowest BCUT2D eigenvalue weighted by molar-refractivity contribution is -0.162. The average Bonchev–Trinajstić information content (AvgIpc) is 2.49. The van der Waals surface area contributed by atoms with Crippen molar-refractivity contribution in [1.82, 2.24) is 0 Å². The van der Waals surface area contributed by atoms with Gasteiger partial charge in [-0.15, -0.1) is 0 Å². The van der Waals surface area contributed by atoms with E-state index in [1.54, 1.807) is 0 Å². The molecule has 0 spiro atoms. The summed E-state index contributed by atoms with van der Waals surface area (Å²) in [6.45, 7) is 14.3. The van der Waals surface area contributed by atoms with Gasteiger partial charge in [-0.2, -0.15) is 0 Å². The van der Waals surface area contributed by atoms with Gasteiger partial charge in [-0.1, -0.05) is 46.5 Å². The Hall–Kier alpha value is 0.0969. The van der Waals surface area contributed by atoms with Crippen LogP contribution < -0.4 is 0 Å². The van der Waals surface area contributed by atoms with Crippen LogP contribution in [0.5, 0.6) is 0 Å². The van der Waals surface area contributed by atoms with Gasteiger partial charge in [-0.25, -0.2) is 0 Å². The summed E-state index contributed by atoms with van der Waals surface area (Å²) in [5.74, 6) is 0. The van der Waals surface area contributed by atoms with Gasteiger partial charge in [-0.05, 0) is 50.2 Å². The summed E-state index contributed by atoms with van der Waals surface area (Å²) >= 11 is 0. The number of hydrogen-bond donors (Lipinski definition) is 0. The second-order valence-corrected chi connectivity index (χ2v) is 13.2. The Balaban J connectivity index is 1.86. The van der Waals surface area contributed by atoms with Gasteiger partial charge in [0.05, 0.1) is 0 Å². The molecule has 1 fully saturated rings. The maximum atomic E-state index is 6.21. The molecule has 1 unspecified atom stereocenters. The fourth-order valence-electron chi connectivity index (χ4n) is 2.51. The monoisotopic (exact) mass is 344 g/mol. The van der Waals surface area contributed by atoms with Crippen molar-refractivity contribution in [2.75, 3.05) is 19.8 Å². The van der Waals surface area contributed by atoms with Gasteiger partial charge in [0, 0.05) is 19.8 Å². The average molecular weight is 345 g/mol. The van der Waals surface area contributed by atoms with Gasteiger partial charge >= 0.3 is 0 Å². The highest BCUT2D eigenvalue weighted by molar-refractivity contribution is 6.74. The Bertz CT molecular complexity index is 293. The first-order valence-corrected chi connectivity index (χ1v) is 12.6. The second-order valence-electron chi connectivity index (χ2n) is 8.40. The molecule has 0 aliphatic carbocycles. The molecule has 1 atom stereocenters. The molecular formula is C19H40O3Si. The summed E-state index contributed by atoms with van der Waals surface area (Å²) in [6, 6.07) is 0. The van der Waals surface area contributed by atoms with Crippen molar-refractivity contribution in [3.63, 3.8) is 0 Å². The van der Waals surface area contributed by atoms with E-state index in [4.69, 9.17) is 13.9 Å². The van der Waals surface area contributed by atoms with Crippen molar-refractivity contribution in [2.45, 2.75) is 103 Å². The van der Waals surface area contributed by atoms with Crippen LogP contribution in [0.4, 0.5) is 0 Å². The molecule has 138 valence electrons. The van der Waals surface area contributed by atoms with Crippen LogP contribution in [0, 0.1) is 0 Å². The lowest BCUT2D eigenvalue weighted by Crippen LogP contribution is -2.40. The first kappa shape index (κ1) is 21.1. The summed E-state index contributed by atoms with van der Waals surface area (Å²) in [4.78, 5) is 0. The molecule has 1 heterocycles. The molecule has 1 aliphatic rings. The minimum atomic E-state index is -1.54. The predicted octanol–water partition coefficient (Wildman–Crippen LogP) is 5.89. The van der Waals surface area contributed by atoms with Crippen molar-refractivity contribution in [1.29, 1.82) is 0 Å². The molecule has 0 aromatic carbocycles. The van der Waals surface area contributed by atoms with Gasteiger partial charge in [0.1, 0.15) is 0 Å². The van der Waals surface area contributed by atoms with Crippen molar-refractivity contribution < 1.29 is 13.9 Å². The number of unbranched alkanes of at least 4 members (excludes halogenated alkanes) is 5. The van der Waals surface area contributed by atoms with E-state index in [1.165, 1.54) is 51.4 Å². The first-order chi connectivity index (χ1) is 10.8. The Morgan fingerprint density at radius 1 is 0.913 bits per heavy atom. The Kier molecular flexibility index (Phi) is 9.98. The maximum Gasteiger partial charge on any atom is 0.191 e. The molecule has 4 heteroatoms. The zero-order chi connectivity index (χ0) is 17.2. The van der Waals surface area contributed by atoms with Gasteiger partial charge in [-0.3, -0.25) is 0 Å². The highest BCUT2D eigenvalue weighted by Crippen LogP contribution is 2.36. The molecular weight excluding hydrogens is 304 g/mol. The Morgan fingerprint density at radius 2 is 1.52 bits per heavy atom. The van der Waals surface area contributed by atoms with Gasteiger partial charge in [0.2, 0.25) is 0 Å². The fourth-order valence-corrected chi connectivity index (χ4v) is 3.60. The quantitative estimate of drug-likeness (QED) is 0.345. The molecule has 1 rings (SSSR count). The van der Waals surface area contributed by atoms with Gasteiger partial charge in [0.15, 0.2) is 14.6 Å². The zero-order valence-electron chi connectivity index (χ0n) is 16.3. The van der Waals surface area contributed by atoms with E-state index in [2.05, 4.69) is 33.9 Å². The molecule has 0 aromatic rings. The standard InChI is InChI=1S/C19H40O3Si/c1-19(2,3)23(4,5)22-17-12-9-7-6-8-11-15-20-18-14-10-13-16-21-18/h18H,6-17H2,1-5H3. The van der Waals surface area contributed by atoms with Crippen molar-refractivity contribution in [3.8, 4) is 0 Å². The summed E-state index contributed by atoms with van der Waals surface area (Å²) in [5, 5.41) is 0.328. The molecule has 23 heavy (non-hydrogen) atoms. The van der Waals surface area contributed by atoms with Crippen LogP contribution in [0.15, 0.2) is 0 Å². The summed E-state index contributed by atoms with van der Waals surface area (Å²) in [6.07, 6.45) is 11.2. The minimum absolute atomic E-state index is 0.0798. The molecule has 3 nitrogen and oxygen atoms in total. The van der Waals surface area contributed by atoms with Gasteiger partial charge in [0.25, 0.3) is 0 Å². The highest BCUT2D eigenvalue weighted by Gasteiger charge is 2.36. The van der Waals surface area contributed by atoms with E-state index in [9.17, 15) is 0 Å². The molecule has 0 radical (unpaired) electrons. The maximum absolute atomic E-state index is 6.21. The largest absolute Gasteiger partial charge is 0.417 e. The van der Waals surface area contributed by atoms with Crippen LogP contribution in [-0.2, 0) is 13.9 Å². The van der Waals surface area contributed by atoms with E-state index < -0.39 is 8.32 Å². The molecule has 0 aromatic heterocycles. The SMILES string of the molecule is CC(C)(C)[Si](C)(C)OCCCCCCCCOC1CCCCO1. The van der Waals surface area contributed by atoms with Gasteiger partial charge < -0.3 is 13.9 Å². The van der Waals surface area contributed by atoms with Crippen LogP contribution in [-0.4, -0.2) is 34.4 Å². The summed E-state index contributed by atoms with van der Waals surface area (Å²) in [5.41, 5.74) is 0. The minimum Gasteiger partial charge on any atom is -0.417 e. The van der Waals surface area contributed by atoms with E-state index in [0.29, 0.717) is 5.04 Å². The van der Waals surface area contributed by atoms with Crippen LogP contribution in [0.2, 0.25) is 18.1 Å². The van der Waals surface area contributed by atoms with Crippen molar-refractivity contribution >= 4 is 8.32 Å². The van der Waals surface area contributed by atoms with Crippen LogP contribution >= 0.6 is 0 Å². The lowest BCUT2D eigenvalue weighted by atomic mass is 10.1. The van der Waals surface area contributed by atoms with E-state index >= 15 is 0 Å². The third-order valence-corrected chi connectivity index (χ3v) is 9.79. The molecule has 0 saturated carbocycles. The number of hydrogen-bond acceptors (Lipinski definition) is 3. The Labute approximate surface area is 145 Å².